The van der Waals surface area contributed by atoms with Crippen molar-refractivity contribution in [1.29, 1.82) is 0 Å². The van der Waals surface area contributed by atoms with E-state index >= 15 is 0 Å². The van der Waals surface area contributed by atoms with Gasteiger partial charge in [0.25, 0.3) is 0 Å². The molecule has 1 rings (SSSR count). The van der Waals surface area contributed by atoms with Gasteiger partial charge >= 0.3 is 29.6 Å². The number of aromatic nitrogens is 3. The van der Waals surface area contributed by atoms with Gasteiger partial charge in [-0.1, -0.05) is 23.5 Å². The van der Waals surface area contributed by atoms with Crippen molar-refractivity contribution in [3.8, 4) is 0 Å². The first kappa shape index (κ1) is 18.4. The Labute approximate surface area is 136 Å². The van der Waals surface area contributed by atoms with Crippen LogP contribution in [0.25, 0.3) is 0 Å². The Morgan fingerprint density at radius 3 is 2.06 bits per heavy atom. The molecule has 0 amide bonds. The summed E-state index contributed by atoms with van der Waals surface area (Å²) in [5.41, 5.74) is 0. The number of rotatable bonds is 6. The molecular weight excluding hydrogens is 307 g/mol. The molecule has 0 aliphatic heterocycles. The third-order valence-corrected chi connectivity index (χ3v) is 3.39. The van der Waals surface area contributed by atoms with Crippen LogP contribution in [-0.4, -0.2) is 52.7 Å². The van der Waals surface area contributed by atoms with E-state index in [9.17, 15) is 13.0 Å². The molecule has 0 bridgehead atoms. The number of anilines is 1. The summed E-state index contributed by atoms with van der Waals surface area (Å²) in [6, 6.07) is 0. The van der Waals surface area contributed by atoms with E-state index in [4.69, 9.17) is 0 Å². The minimum absolute atomic E-state index is 0. The van der Waals surface area contributed by atoms with Crippen molar-refractivity contribution < 1.29 is 42.5 Å². The second-order valence-electron chi connectivity index (χ2n) is 2.82. The number of nitrogens with zero attached hydrogens (tertiary/aromatic N) is 3. The maximum atomic E-state index is 10.4. The average molecular weight is 318 g/mol. The molecule has 96 valence electrons. The Hall–Kier alpha value is 0.420. The molecule has 0 unspecified atom stereocenters. The van der Waals surface area contributed by atoms with E-state index < -0.39 is 15.9 Å². The van der Waals surface area contributed by atoms with Crippen molar-refractivity contribution in [2.24, 2.45) is 0 Å². The number of hydrogen-bond acceptors (Lipinski definition) is 9. The van der Waals surface area contributed by atoms with Gasteiger partial charge in [0.1, 0.15) is 0 Å². The van der Waals surface area contributed by atoms with Crippen LogP contribution in [0.15, 0.2) is 10.3 Å². The molecule has 0 spiro atoms. The monoisotopic (exact) mass is 318 g/mol. The molecule has 0 atom stereocenters. The zero-order valence-corrected chi connectivity index (χ0v) is 14.7. The van der Waals surface area contributed by atoms with Crippen LogP contribution in [0, 0.1) is 0 Å². The summed E-state index contributed by atoms with van der Waals surface area (Å²) >= 11 is 2.71. The third-order valence-electron chi connectivity index (χ3n) is 1.59. The van der Waals surface area contributed by atoms with Crippen molar-refractivity contribution in [1.82, 2.24) is 15.0 Å². The quantitative estimate of drug-likeness (QED) is 0.340. The predicted molar refractivity (Wildman–Crippen MR) is 66.4 cm³/mol. The molecule has 1 heterocycles. The van der Waals surface area contributed by atoms with Crippen molar-refractivity contribution in [2.45, 2.75) is 10.3 Å². The van der Waals surface area contributed by atoms with Crippen LogP contribution in [0.4, 0.5) is 5.95 Å². The van der Waals surface area contributed by atoms with Crippen LogP contribution >= 0.6 is 23.5 Å². The summed E-state index contributed by atoms with van der Waals surface area (Å²) < 4.78 is 31.2. The van der Waals surface area contributed by atoms with Crippen LogP contribution in [0.1, 0.15) is 0 Å². The summed E-state index contributed by atoms with van der Waals surface area (Å²) in [6.07, 6.45) is 3.65. The smallest absolute Gasteiger partial charge is 0.748 e. The normalized spacial score (nSPS) is 10.8. The number of hydrogen-bond donors (Lipinski definition) is 1. The Balaban J connectivity index is 0.00000289. The molecule has 18 heavy (non-hydrogen) atoms. The number of thioether (sulfide) groups is 2. The van der Waals surface area contributed by atoms with Gasteiger partial charge in [0, 0.05) is 6.54 Å². The molecule has 0 aliphatic carbocycles. The Morgan fingerprint density at radius 1 is 1.17 bits per heavy atom. The van der Waals surface area contributed by atoms with Crippen LogP contribution in [0.3, 0.4) is 0 Å². The molecule has 1 N–H and O–H groups in total. The largest absolute Gasteiger partial charge is 1.00 e. The van der Waals surface area contributed by atoms with Crippen molar-refractivity contribution in [3.63, 3.8) is 0 Å². The van der Waals surface area contributed by atoms with Gasteiger partial charge in [0.2, 0.25) is 5.95 Å². The van der Waals surface area contributed by atoms with E-state index in [1.165, 1.54) is 23.5 Å². The molecule has 0 aliphatic rings. The minimum atomic E-state index is -4.22. The zero-order chi connectivity index (χ0) is 12.9. The molecule has 7 nitrogen and oxygen atoms in total. The molecule has 0 saturated carbocycles. The van der Waals surface area contributed by atoms with E-state index in [1.54, 1.807) is 0 Å². The van der Waals surface area contributed by atoms with Crippen molar-refractivity contribution in [3.05, 3.63) is 0 Å². The van der Waals surface area contributed by atoms with Gasteiger partial charge < -0.3 is 9.87 Å². The minimum Gasteiger partial charge on any atom is -0.748 e. The second-order valence-corrected chi connectivity index (χ2v) is 5.89. The van der Waals surface area contributed by atoms with Crippen LogP contribution in [0.5, 0.6) is 0 Å². The Morgan fingerprint density at radius 2 is 1.67 bits per heavy atom. The molecule has 0 radical (unpaired) electrons. The molecular formula is C7H11N4NaO3S3. The summed E-state index contributed by atoms with van der Waals surface area (Å²) in [4.78, 5) is 12.2. The molecule has 0 aromatic carbocycles. The standard InChI is InChI=1S/C7H12N4O3S3.Na/c1-15-6-9-5(10-7(11-6)16-2)8-3-4-17(12,13)14;/h3-4H2,1-2H3,(H,12,13,14)(H,8,9,10,11);/q;+1/p-1. The average Bonchev–Trinajstić information content (AvgIpc) is 2.26. The zero-order valence-electron chi connectivity index (χ0n) is 10.2. The van der Waals surface area contributed by atoms with Gasteiger partial charge in [-0.2, -0.15) is 15.0 Å². The fourth-order valence-electron chi connectivity index (χ4n) is 0.887. The maximum Gasteiger partial charge on any atom is 1.00 e. The summed E-state index contributed by atoms with van der Waals surface area (Å²) in [6.45, 7) is -0.0164. The first-order valence-electron chi connectivity index (χ1n) is 4.46. The first-order chi connectivity index (χ1) is 7.94. The molecule has 0 saturated heterocycles. The fraction of sp³-hybridized carbons (Fsp3) is 0.571. The van der Waals surface area contributed by atoms with Crippen molar-refractivity contribution in [2.75, 3.05) is 30.1 Å². The van der Waals surface area contributed by atoms with Crippen LogP contribution in [0.2, 0.25) is 0 Å². The summed E-state index contributed by atoms with van der Waals surface area (Å²) in [5.74, 6) is -0.223. The Bertz CT molecular complexity index is 463. The van der Waals surface area contributed by atoms with Gasteiger partial charge in [-0.05, 0) is 12.5 Å². The SMILES string of the molecule is CSc1nc(NCCS(=O)(=O)[O-])nc(SC)n1.[Na+]. The van der Waals surface area contributed by atoms with Gasteiger partial charge in [-0.25, -0.2) is 8.42 Å². The van der Waals surface area contributed by atoms with Gasteiger partial charge in [0.15, 0.2) is 10.3 Å². The molecule has 1 aromatic rings. The summed E-state index contributed by atoms with van der Waals surface area (Å²) in [7, 11) is -4.22. The number of nitrogens with one attached hydrogen (secondary N) is 1. The molecule has 11 heteroatoms. The van der Waals surface area contributed by atoms with Gasteiger partial charge in [-0.3, -0.25) is 0 Å². The van der Waals surface area contributed by atoms with Crippen LogP contribution in [-0.2, 0) is 10.1 Å². The van der Waals surface area contributed by atoms with E-state index in [0.29, 0.717) is 10.3 Å². The van der Waals surface area contributed by atoms with Crippen LogP contribution < -0.4 is 34.9 Å². The van der Waals surface area contributed by atoms with E-state index in [1.807, 2.05) is 12.5 Å². The topological polar surface area (TPSA) is 108 Å². The predicted octanol–water partition coefficient (Wildman–Crippen LogP) is -2.72. The van der Waals surface area contributed by atoms with Gasteiger partial charge in [-0.15, -0.1) is 0 Å². The Kier molecular flexibility index (Phi) is 8.76. The molecule has 0 fully saturated rings. The first-order valence-corrected chi connectivity index (χ1v) is 8.49. The van der Waals surface area contributed by atoms with E-state index in [-0.39, 0.29) is 42.1 Å². The molecule has 1 aromatic heterocycles. The van der Waals surface area contributed by atoms with Gasteiger partial charge in [0.05, 0.1) is 15.9 Å². The van der Waals surface area contributed by atoms with E-state index in [0.717, 1.165) is 0 Å². The maximum absolute atomic E-state index is 10.4. The van der Waals surface area contributed by atoms with Crippen molar-refractivity contribution >= 4 is 39.6 Å². The fourth-order valence-corrected chi connectivity index (χ4v) is 2.01. The summed E-state index contributed by atoms with van der Waals surface area (Å²) in [5, 5.41) is 3.76. The third kappa shape index (κ3) is 7.12. The second kappa shape index (κ2) is 8.56. The van der Waals surface area contributed by atoms with E-state index in [2.05, 4.69) is 20.3 Å².